The highest BCUT2D eigenvalue weighted by Gasteiger charge is 2.38. The SMILES string of the molecule is O=C(c1cc2ccccc2c2cccnc12)N1C[C@H]2CNC[C@H]2C1. The molecule has 0 aliphatic carbocycles. The van der Waals surface area contributed by atoms with Gasteiger partial charge in [0.05, 0.1) is 11.1 Å². The largest absolute Gasteiger partial charge is 0.338 e. The van der Waals surface area contributed by atoms with Crippen molar-refractivity contribution in [1.82, 2.24) is 15.2 Å². The molecule has 3 aromatic rings. The first kappa shape index (κ1) is 13.9. The Morgan fingerprint density at radius 1 is 1.04 bits per heavy atom. The summed E-state index contributed by atoms with van der Waals surface area (Å²) >= 11 is 0. The van der Waals surface area contributed by atoms with E-state index < -0.39 is 0 Å². The Hall–Kier alpha value is -2.46. The number of hydrogen-bond acceptors (Lipinski definition) is 3. The molecule has 2 aliphatic heterocycles. The molecule has 2 aliphatic rings. The maximum absolute atomic E-state index is 13.2. The van der Waals surface area contributed by atoms with Gasteiger partial charge in [0, 0.05) is 37.8 Å². The van der Waals surface area contributed by atoms with E-state index in [-0.39, 0.29) is 5.91 Å². The third-order valence-electron chi connectivity index (χ3n) is 5.52. The zero-order valence-corrected chi connectivity index (χ0v) is 13.4. The second-order valence-corrected chi connectivity index (χ2v) is 6.93. The maximum atomic E-state index is 13.2. The average Bonchev–Trinajstić information content (AvgIpc) is 3.22. The summed E-state index contributed by atoms with van der Waals surface area (Å²) in [5.41, 5.74) is 1.55. The fraction of sp³-hybridized carbons (Fsp3) is 0.300. The van der Waals surface area contributed by atoms with Crippen molar-refractivity contribution in [2.45, 2.75) is 0 Å². The molecule has 2 fully saturated rings. The van der Waals surface area contributed by atoms with Crippen LogP contribution >= 0.6 is 0 Å². The number of carbonyl (C=O) groups excluding carboxylic acids is 1. The second-order valence-electron chi connectivity index (χ2n) is 6.93. The number of rotatable bonds is 1. The molecule has 3 heterocycles. The van der Waals surface area contributed by atoms with E-state index in [2.05, 4.69) is 28.5 Å². The molecule has 0 radical (unpaired) electrons. The second kappa shape index (κ2) is 5.28. The van der Waals surface area contributed by atoms with Gasteiger partial charge in [-0.25, -0.2) is 0 Å². The normalized spacial score (nSPS) is 23.1. The smallest absolute Gasteiger partial charge is 0.256 e. The molecule has 1 N–H and O–H groups in total. The van der Waals surface area contributed by atoms with Gasteiger partial charge in [0.15, 0.2) is 0 Å². The van der Waals surface area contributed by atoms with Crippen LogP contribution < -0.4 is 5.32 Å². The summed E-state index contributed by atoms with van der Waals surface area (Å²) in [6.07, 6.45) is 1.77. The summed E-state index contributed by atoms with van der Waals surface area (Å²) in [7, 11) is 0. The number of nitrogens with one attached hydrogen (secondary N) is 1. The van der Waals surface area contributed by atoms with Crippen molar-refractivity contribution in [3.63, 3.8) is 0 Å². The summed E-state index contributed by atoms with van der Waals surface area (Å²) in [4.78, 5) is 19.8. The van der Waals surface area contributed by atoms with Gasteiger partial charge in [0.2, 0.25) is 0 Å². The minimum Gasteiger partial charge on any atom is -0.338 e. The average molecular weight is 317 g/mol. The predicted molar refractivity (Wildman–Crippen MR) is 95.0 cm³/mol. The lowest BCUT2D eigenvalue weighted by molar-refractivity contribution is 0.0783. The van der Waals surface area contributed by atoms with Gasteiger partial charge in [-0.3, -0.25) is 9.78 Å². The fourth-order valence-electron chi connectivity index (χ4n) is 4.28. The zero-order valence-electron chi connectivity index (χ0n) is 13.4. The minimum absolute atomic E-state index is 0.124. The molecule has 120 valence electrons. The summed E-state index contributed by atoms with van der Waals surface area (Å²) in [5.74, 6) is 1.33. The quantitative estimate of drug-likeness (QED) is 0.702. The highest BCUT2D eigenvalue weighted by Crippen LogP contribution is 2.31. The van der Waals surface area contributed by atoms with E-state index in [1.807, 2.05) is 29.2 Å². The molecule has 2 saturated heterocycles. The van der Waals surface area contributed by atoms with Crippen LogP contribution in [-0.2, 0) is 0 Å². The molecular weight excluding hydrogens is 298 g/mol. The number of benzene rings is 2. The molecule has 1 aromatic heterocycles. The number of hydrogen-bond donors (Lipinski definition) is 1. The molecule has 0 bridgehead atoms. The van der Waals surface area contributed by atoms with Gasteiger partial charge in [-0.2, -0.15) is 0 Å². The molecule has 4 heteroatoms. The summed E-state index contributed by atoms with van der Waals surface area (Å²) in [6, 6.07) is 14.2. The number of nitrogens with zero attached hydrogens (tertiary/aromatic N) is 2. The summed E-state index contributed by atoms with van der Waals surface area (Å²) in [6.45, 7) is 3.78. The van der Waals surface area contributed by atoms with Crippen molar-refractivity contribution in [3.05, 3.63) is 54.2 Å². The van der Waals surface area contributed by atoms with Gasteiger partial charge in [0.1, 0.15) is 0 Å². The number of amides is 1. The molecule has 0 saturated carbocycles. The Balaban J connectivity index is 1.64. The van der Waals surface area contributed by atoms with Crippen LogP contribution in [-0.4, -0.2) is 42.0 Å². The van der Waals surface area contributed by atoms with Crippen molar-refractivity contribution < 1.29 is 4.79 Å². The molecular formula is C20H19N3O. The van der Waals surface area contributed by atoms with Crippen LogP contribution in [0.15, 0.2) is 48.7 Å². The Kier molecular flexibility index (Phi) is 3.06. The monoisotopic (exact) mass is 317 g/mol. The van der Waals surface area contributed by atoms with Crippen LogP contribution in [0.4, 0.5) is 0 Å². The summed E-state index contributed by atoms with van der Waals surface area (Å²) < 4.78 is 0. The van der Waals surface area contributed by atoms with Crippen molar-refractivity contribution in [2.75, 3.05) is 26.2 Å². The summed E-state index contributed by atoms with van der Waals surface area (Å²) in [5, 5.41) is 6.73. The maximum Gasteiger partial charge on any atom is 0.256 e. The van der Waals surface area contributed by atoms with Crippen LogP contribution in [0.25, 0.3) is 21.7 Å². The number of aromatic nitrogens is 1. The van der Waals surface area contributed by atoms with Crippen LogP contribution in [0.2, 0.25) is 0 Å². The first-order valence-electron chi connectivity index (χ1n) is 8.58. The number of fused-ring (bicyclic) bond motifs is 4. The highest BCUT2D eigenvalue weighted by atomic mass is 16.2. The highest BCUT2D eigenvalue weighted by molar-refractivity contribution is 6.15. The van der Waals surface area contributed by atoms with Gasteiger partial charge >= 0.3 is 0 Å². The lowest BCUT2D eigenvalue weighted by atomic mass is 10.00. The number of pyridine rings is 1. The Morgan fingerprint density at radius 3 is 2.62 bits per heavy atom. The van der Waals surface area contributed by atoms with Gasteiger partial charge in [-0.1, -0.05) is 30.3 Å². The first-order valence-corrected chi connectivity index (χ1v) is 8.58. The van der Waals surface area contributed by atoms with E-state index in [0.717, 1.165) is 53.4 Å². The van der Waals surface area contributed by atoms with E-state index in [4.69, 9.17) is 0 Å². The predicted octanol–water partition coefficient (Wildman–Crippen LogP) is 2.68. The topological polar surface area (TPSA) is 45.2 Å². The van der Waals surface area contributed by atoms with Crippen LogP contribution in [0.3, 0.4) is 0 Å². The molecule has 0 spiro atoms. The van der Waals surface area contributed by atoms with Crippen LogP contribution in [0, 0.1) is 11.8 Å². The van der Waals surface area contributed by atoms with E-state index in [9.17, 15) is 4.79 Å². The van der Waals surface area contributed by atoms with Gasteiger partial charge < -0.3 is 10.2 Å². The van der Waals surface area contributed by atoms with Crippen molar-refractivity contribution >= 4 is 27.6 Å². The third-order valence-corrected chi connectivity index (χ3v) is 5.52. The standard InChI is InChI=1S/C20H19N3O/c24-20(23-11-14-9-21-10-15(14)12-23)18-8-13-4-1-2-5-16(13)17-6-3-7-22-19(17)18/h1-8,14-15,21H,9-12H2/t14-,15+. The van der Waals surface area contributed by atoms with E-state index in [0.29, 0.717) is 11.8 Å². The Morgan fingerprint density at radius 2 is 1.79 bits per heavy atom. The molecule has 2 atom stereocenters. The Bertz CT molecular complexity index is 940. The van der Waals surface area contributed by atoms with Crippen LogP contribution in [0.1, 0.15) is 10.4 Å². The lowest BCUT2D eigenvalue weighted by Crippen LogP contribution is -2.32. The lowest BCUT2D eigenvalue weighted by Gasteiger charge is -2.19. The third kappa shape index (κ3) is 2.03. The van der Waals surface area contributed by atoms with Crippen molar-refractivity contribution in [3.8, 4) is 0 Å². The van der Waals surface area contributed by atoms with E-state index >= 15 is 0 Å². The molecule has 5 rings (SSSR count). The molecule has 0 unspecified atom stereocenters. The van der Waals surface area contributed by atoms with Crippen LogP contribution in [0.5, 0.6) is 0 Å². The van der Waals surface area contributed by atoms with E-state index in [1.165, 1.54) is 0 Å². The number of carbonyl (C=O) groups is 1. The fourth-order valence-corrected chi connectivity index (χ4v) is 4.28. The minimum atomic E-state index is 0.124. The Labute approximate surface area is 140 Å². The van der Waals surface area contributed by atoms with Crippen molar-refractivity contribution in [2.24, 2.45) is 11.8 Å². The number of likely N-dealkylation sites (tertiary alicyclic amines) is 1. The molecule has 24 heavy (non-hydrogen) atoms. The van der Waals surface area contributed by atoms with Gasteiger partial charge in [-0.05, 0) is 34.7 Å². The van der Waals surface area contributed by atoms with Gasteiger partial charge in [-0.15, -0.1) is 0 Å². The molecule has 4 nitrogen and oxygen atoms in total. The molecule has 2 aromatic carbocycles. The van der Waals surface area contributed by atoms with E-state index in [1.54, 1.807) is 6.20 Å². The molecule has 1 amide bonds. The van der Waals surface area contributed by atoms with Gasteiger partial charge in [0.25, 0.3) is 5.91 Å². The van der Waals surface area contributed by atoms with Crippen molar-refractivity contribution in [1.29, 1.82) is 0 Å². The zero-order chi connectivity index (χ0) is 16.1. The first-order chi connectivity index (χ1) is 11.8.